The third-order valence-corrected chi connectivity index (χ3v) is 6.73. The highest BCUT2D eigenvalue weighted by Crippen LogP contribution is 2.55. The van der Waals surface area contributed by atoms with Crippen LogP contribution in [-0.2, 0) is 21.4 Å². The fourth-order valence-electron chi connectivity index (χ4n) is 5.55. The molecule has 3 N–H and O–H groups in total. The lowest BCUT2D eigenvalue weighted by Gasteiger charge is -2.58. The summed E-state index contributed by atoms with van der Waals surface area (Å²) in [5.41, 5.74) is 7.92. The highest BCUT2D eigenvalue weighted by atomic mass is 16.5. The minimum Gasteiger partial charge on any atom is -0.426 e. The van der Waals surface area contributed by atoms with Crippen LogP contribution >= 0.6 is 0 Å². The van der Waals surface area contributed by atoms with E-state index in [1.807, 2.05) is 6.07 Å². The summed E-state index contributed by atoms with van der Waals surface area (Å²) in [6.45, 7) is 1.57. The summed E-state index contributed by atoms with van der Waals surface area (Å²) in [6, 6.07) is 7.05. The molecule has 2 fully saturated rings. The van der Waals surface area contributed by atoms with Crippen molar-refractivity contribution >= 4 is 12.3 Å². The summed E-state index contributed by atoms with van der Waals surface area (Å²) in [5, 5.41) is 2.85. The number of likely N-dealkylation sites (N-methyl/N-ethyl adjacent to an activating group) is 2. The van der Waals surface area contributed by atoms with Crippen LogP contribution in [0.5, 0.6) is 5.75 Å². The largest absolute Gasteiger partial charge is 0.426 e. The van der Waals surface area contributed by atoms with Crippen LogP contribution in [-0.4, -0.2) is 56.9 Å². The molecule has 1 saturated carbocycles. The number of benzene rings is 1. The van der Waals surface area contributed by atoms with Gasteiger partial charge < -0.3 is 25.5 Å². The standard InChI is InChI=1S/C20H28N2O2.C2H5NO/c1-21-13-19(23)24-15-7-6-14-11-18-16-5-3-4-8-20(16,17(14)12-15)9-10-22(18)2;3-1-2-4/h6-7,12,16,18,21H,3-5,8-11,13H2,1-2H3;2H,1,3H2. The highest BCUT2D eigenvalue weighted by molar-refractivity contribution is 5.74. The van der Waals surface area contributed by atoms with Crippen molar-refractivity contribution < 1.29 is 14.3 Å². The monoisotopic (exact) mass is 387 g/mol. The van der Waals surface area contributed by atoms with E-state index in [1.165, 1.54) is 49.8 Å². The van der Waals surface area contributed by atoms with Gasteiger partial charge in [-0.15, -0.1) is 0 Å². The lowest BCUT2D eigenvalue weighted by atomic mass is 9.52. The van der Waals surface area contributed by atoms with E-state index in [1.54, 1.807) is 7.05 Å². The van der Waals surface area contributed by atoms with E-state index in [2.05, 4.69) is 35.1 Å². The van der Waals surface area contributed by atoms with Crippen molar-refractivity contribution in [2.45, 2.75) is 50.0 Å². The number of fused-ring (bicyclic) bond motifs is 1. The molecule has 0 spiro atoms. The number of nitrogens with zero attached hydrogens (tertiary/aromatic N) is 1. The molecule has 6 heteroatoms. The molecule has 3 unspecified atom stereocenters. The Labute approximate surface area is 167 Å². The van der Waals surface area contributed by atoms with Crippen LogP contribution < -0.4 is 15.8 Å². The SMILES string of the molecule is CNCC(=O)Oc1ccc2c(c1)C13CCCCC1C(C2)N(C)CC3.NCC=O. The molecule has 28 heavy (non-hydrogen) atoms. The summed E-state index contributed by atoms with van der Waals surface area (Å²) in [6.07, 6.45) is 8.37. The van der Waals surface area contributed by atoms with Crippen molar-refractivity contribution in [3.63, 3.8) is 0 Å². The maximum atomic E-state index is 11.8. The Morgan fingerprint density at radius 3 is 2.89 bits per heavy atom. The molecule has 6 nitrogen and oxygen atoms in total. The molecule has 0 radical (unpaired) electrons. The molecule has 2 aliphatic carbocycles. The molecular formula is C22H33N3O3. The number of aldehydes is 1. The number of nitrogens with one attached hydrogen (secondary N) is 1. The van der Waals surface area contributed by atoms with Crippen LogP contribution in [0.4, 0.5) is 0 Å². The van der Waals surface area contributed by atoms with Crippen molar-refractivity contribution in [3.8, 4) is 5.75 Å². The molecule has 3 aliphatic rings. The Hall–Kier alpha value is -1.76. The Bertz CT molecular complexity index is 708. The van der Waals surface area contributed by atoms with Gasteiger partial charge in [-0.3, -0.25) is 4.79 Å². The Morgan fingerprint density at radius 1 is 1.39 bits per heavy atom. The molecule has 1 aromatic rings. The maximum absolute atomic E-state index is 11.8. The van der Waals surface area contributed by atoms with Crippen molar-refractivity contribution in [2.24, 2.45) is 11.7 Å². The number of carbonyl (C=O) groups excluding carboxylic acids is 2. The minimum absolute atomic E-state index is 0.139. The molecule has 1 saturated heterocycles. The first-order chi connectivity index (χ1) is 13.6. The van der Waals surface area contributed by atoms with E-state index in [-0.39, 0.29) is 19.1 Å². The van der Waals surface area contributed by atoms with Crippen LogP contribution in [0.1, 0.15) is 43.2 Å². The lowest BCUT2D eigenvalue weighted by Crippen LogP contribution is -2.59. The number of esters is 1. The second kappa shape index (κ2) is 9.16. The molecule has 3 atom stereocenters. The van der Waals surface area contributed by atoms with Gasteiger partial charge >= 0.3 is 5.97 Å². The van der Waals surface area contributed by atoms with Crippen molar-refractivity contribution in [1.29, 1.82) is 0 Å². The van der Waals surface area contributed by atoms with Gasteiger partial charge in [-0.1, -0.05) is 18.9 Å². The number of ether oxygens (including phenoxy) is 1. The van der Waals surface area contributed by atoms with Crippen molar-refractivity contribution in [3.05, 3.63) is 29.3 Å². The summed E-state index contributed by atoms with van der Waals surface area (Å²) >= 11 is 0. The van der Waals surface area contributed by atoms with Crippen LogP contribution in [0.25, 0.3) is 0 Å². The zero-order valence-electron chi connectivity index (χ0n) is 17.1. The Morgan fingerprint density at radius 2 is 2.18 bits per heavy atom. The Balaban J connectivity index is 0.000000516. The van der Waals surface area contributed by atoms with E-state index < -0.39 is 0 Å². The van der Waals surface area contributed by atoms with Gasteiger partial charge in [0.1, 0.15) is 12.0 Å². The average Bonchev–Trinajstić information content (AvgIpc) is 2.71. The van der Waals surface area contributed by atoms with Gasteiger partial charge in [0.05, 0.1) is 6.54 Å². The Kier molecular flexibility index (Phi) is 6.86. The molecule has 1 heterocycles. The molecule has 1 aliphatic heterocycles. The molecule has 1 aromatic carbocycles. The van der Waals surface area contributed by atoms with Gasteiger partial charge in [0.15, 0.2) is 0 Å². The number of carbonyl (C=O) groups is 2. The van der Waals surface area contributed by atoms with Crippen LogP contribution in [0.3, 0.4) is 0 Å². The number of piperidine rings is 1. The van der Waals surface area contributed by atoms with E-state index in [0.29, 0.717) is 23.5 Å². The van der Waals surface area contributed by atoms with Crippen molar-refractivity contribution in [1.82, 2.24) is 10.2 Å². The first-order valence-electron chi connectivity index (χ1n) is 10.4. The smallest absolute Gasteiger partial charge is 0.325 e. The number of hydrogen-bond donors (Lipinski definition) is 2. The van der Waals surface area contributed by atoms with Gasteiger partial charge in [-0.2, -0.15) is 0 Å². The fourth-order valence-corrected chi connectivity index (χ4v) is 5.55. The minimum atomic E-state index is -0.216. The normalized spacial score (nSPS) is 28.2. The number of rotatable bonds is 4. The molecular weight excluding hydrogens is 354 g/mol. The van der Waals surface area contributed by atoms with Crippen LogP contribution in [0.15, 0.2) is 18.2 Å². The summed E-state index contributed by atoms with van der Waals surface area (Å²) in [7, 11) is 4.06. The molecule has 0 aromatic heterocycles. The maximum Gasteiger partial charge on any atom is 0.325 e. The first kappa shape index (κ1) is 21.0. The van der Waals surface area contributed by atoms with Gasteiger partial charge in [0.2, 0.25) is 0 Å². The van der Waals surface area contributed by atoms with Gasteiger partial charge in [0.25, 0.3) is 0 Å². The van der Waals surface area contributed by atoms with Crippen LogP contribution in [0, 0.1) is 5.92 Å². The van der Waals surface area contributed by atoms with Gasteiger partial charge in [0, 0.05) is 18.0 Å². The molecule has 4 rings (SSSR count). The van der Waals surface area contributed by atoms with Crippen LogP contribution in [0.2, 0.25) is 0 Å². The van der Waals surface area contributed by atoms with E-state index in [9.17, 15) is 4.79 Å². The average molecular weight is 388 g/mol. The predicted octanol–water partition coefficient (Wildman–Crippen LogP) is 1.64. The van der Waals surface area contributed by atoms with Gasteiger partial charge in [-0.25, -0.2) is 0 Å². The lowest BCUT2D eigenvalue weighted by molar-refractivity contribution is -0.133. The van der Waals surface area contributed by atoms with E-state index in [4.69, 9.17) is 9.53 Å². The second-order valence-electron chi connectivity index (χ2n) is 8.24. The predicted molar refractivity (Wildman–Crippen MR) is 109 cm³/mol. The molecule has 154 valence electrons. The van der Waals surface area contributed by atoms with Crippen molar-refractivity contribution in [2.75, 3.05) is 33.7 Å². The molecule has 2 bridgehead atoms. The quantitative estimate of drug-likeness (QED) is 0.464. The number of likely N-dealkylation sites (tertiary alicyclic amines) is 1. The summed E-state index contributed by atoms with van der Waals surface area (Å²) in [5.74, 6) is 1.26. The third kappa shape index (κ3) is 4.00. The number of nitrogens with two attached hydrogens (primary N) is 1. The van der Waals surface area contributed by atoms with Gasteiger partial charge in [-0.05, 0) is 75.5 Å². The third-order valence-electron chi connectivity index (χ3n) is 6.73. The van der Waals surface area contributed by atoms with E-state index >= 15 is 0 Å². The second-order valence-corrected chi connectivity index (χ2v) is 8.24. The zero-order chi connectivity index (χ0) is 20.1. The zero-order valence-corrected chi connectivity index (χ0v) is 17.1. The van der Waals surface area contributed by atoms with E-state index in [0.717, 1.165) is 12.3 Å². The highest BCUT2D eigenvalue weighted by Gasteiger charge is 2.53. The molecule has 0 amide bonds. The number of hydrogen-bond acceptors (Lipinski definition) is 6. The summed E-state index contributed by atoms with van der Waals surface area (Å²) in [4.78, 5) is 23.5. The first-order valence-corrected chi connectivity index (χ1v) is 10.4. The fraction of sp³-hybridized carbons (Fsp3) is 0.636. The summed E-state index contributed by atoms with van der Waals surface area (Å²) < 4.78 is 5.54. The topological polar surface area (TPSA) is 84.7 Å².